The van der Waals surface area contributed by atoms with Crippen LogP contribution in [0.4, 0.5) is 0 Å². The molecule has 0 radical (unpaired) electrons. The third kappa shape index (κ3) is 8.18. The Morgan fingerprint density at radius 3 is 1.38 bits per heavy atom. The van der Waals surface area contributed by atoms with E-state index in [2.05, 4.69) is 9.88 Å². The zero-order valence-electron chi connectivity index (χ0n) is 5.32. The van der Waals surface area contributed by atoms with Gasteiger partial charge in [-0.2, -0.15) is 0 Å². The monoisotopic (exact) mass is 370 g/mol. The van der Waals surface area contributed by atoms with Gasteiger partial charge in [0.25, 0.3) is 0 Å². The second-order valence-corrected chi connectivity index (χ2v) is 24.3. The van der Waals surface area contributed by atoms with E-state index in [1.54, 1.807) is 0 Å². The normalized spacial score (nSPS) is 18.0. The molecule has 4 heteroatoms. The van der Waals surface area contributed by atoms with Gasteiger partial charge in [-0.15, -0.1) is 0 Å². The van der Waals surface area contributed by atoms with Crippen LogP contribution in [0.2, 0.25) is 18.8 Å². The van der Waals surface area contributed by atoms with Crippen LogP contribution < -0.4 is 0 Å². The molecule has 0 aromatic carbocycles. The van der Waals surface area contributed by atoms with Crippen molar-refractivity contribution in [3.05, 3.63) is 0 Å². The summed E-state index contributed by atoms with van der Waals surface area (Å²) in [5.74, 6) is 0. The van der Waals surface area contributed by atoms with Gasteiger partial charge in [0.2, 0.25) is 0 Å². The Morgan fingerprint density at radius 1 is 1.00 bits per heavy atom. The van der Waals surface area contributed by atoms with Crippen molar-refractivity contribution in [2.24, 2.45) is 0 Å². The molecule has 2 unspecified atom stereocenters. The first-order valence-electron chi connectivity index (χ1n) is 2.91. The van der Waals surface area contributed by atoms with E-state index in [0.29, 0.717) is 0 Å². The van der Waals surface area contributed by atoms with Crippen molar-refractivity contribution in [3.8, 4) is 0 Å². The molecule has 2 atom stereocenters. The van der Waals surface area contributed by atoms with Crippen LogP contribution in [0.5, 0.6) is 0 Å². The summed E-state index contributed by atoms with van der Waals surface area (Å²) in [5, 5.41) is 0. The average molecular weight is 368 g/mol. The first kappa shape index (κ1) is 10.2. The molecule has 0 aliphatic heterocycles. The fourth-order valence-corrected chi connectivity index (χ4v) is 32.0. The number of hydrogen-bond donors (Lipinski definition) is 0. The first-order chi connectivity index (χ1) is 3.63. The predicted octanol–water partition coefficient (Wildman–Crippen LogP) is 2.17. The van der Waals surface area contributed by atoms with Crippen LogP contribution in [-0.2, 0) is 0 Å². The van der Waals surface area contributed by atoms with Crippen molar-refractivity contribution in [1.29, 1.82) is 0 Å². The molecule has 0 aromatic rings. The van der Waals surface area contributed by atoms with E-state index in [0.717, 1.165) is 0 Å². The Kier molecular flexibility index (Phi) is 7.54. The molecule has 0 saturated heterocycles. The van der Waals surface area contributed by atoms with E-state index in [9.17, 15) is 0 Å². The summed E-state index contributed by atoms with van der Waals surface area (Å²) in [5.41, 5.74) is 0. The third-order valence-corrected chi connectivity index (χ3v) is 15.8. The van der Waals surface area contributed by atoms with Crippen molar-refractivity contribution in [2.45, 2.75) is 18.8 Å². The van der Waals surface area contributed by atoms with Crippen molar-refractivity contribution in [2.75, 3.05) is 0 Å². The van der Waals surface area contributed by atoms with Gasteiger partial charge in [0.05, 0.1) is 0 Å². The molecule has 0 aromatic heterocycles. The van der Waals surface area contributed by atoms with Crippen molar-refractivity contribution < 1.29 is 0 Å². The van der Waals surface area contributed by atoms with Gasteiger partial charge in [-0.25, -0.2) is 0 Å². The van der Waals surface area contributed by atoms with Crippen LogP contribution in [0.3, 0.4) is 0 Å². The first-order valence-corrected chi connectivity index (χ1v) is 22.5. The van der Waals surface area contributed by atoms with Gasteiger partial charge in [0.15, 0.2) is 0 Å². The molecular weight excluding hydrogens is 356 g/mol. The second kappa shape index (κ2) is 5.92. The van der Waals surface area contributed by atoms with Gasteiger partial charge in [-0.05, 0) is 0 Å². The van der Waals surface area contributed by atoms with Gasteiger partial charge < -0.3 is 0 Å². The molecule has 8 heavy (non-hydrogen) atoms. The molecule has 0 N–H and O–H groups in total. The van der Waals surface area contributed by atoms with Crippen LogP contribution in [0.25, 0.3) is 0 Å². The zero-order chi connectivity index (χ0) is 6.57. The Balaban J connectivity index is 2.93. The topological polar surface area (TPSA) is 0 Å². The minimum atomic E-state index is -1.36. The zero-order valence-corrected chi connectivity index (χ0v) is 13.4. The van der Waals surface area contributed by atoms with E-state index in [1.807, 2.05) is 0 Å². The fraction of sp³-hybridized carbons (Fsp3) is 1.00. The molecular formula is C4H12Cl2Sn2. The van der Waals surface area contributed by atoms with Crippen molar-refractivity contribution >= 4 is 55.1 Å². The number of hydrogen-bond acceptors (Lipinski definition) is 0. The molecule has 0 heterocycles. The summed E-state index contributed by atoms with van der Waals surface area (Å²) in [7, 11) is 11.8. The standard InChI is InChI=1S/C2H4.2CH3.2ClH.2Sn.2H/c1-2;;;;;;;;/h1-2H2;2*1H3;2*1H;;;;/q;;;;;2*+1;;/p-2. The van der Waals surface area contributed by atoms with Crippen LogP contribution in [0.15, 0.2) is 0 Å². The SMILES string of the molecule is [CH3][SnH]([Cl])[CH2][CH2][SnH]([CH3])[Cl]. The molecule has 0 aliphatic carbocycles. The summed E-state index contributed by atoms with van der Waals surface area (Å²) >= 11 is -2.71. The van der Waals surface area contributed by atoms with Gasteiger partial charge in [-0.3, -0.25) is 0 Å². The molecule has 0 aliphatic rings. The van der Waals surface area contributed by atoms with Crippen LogP contribution in [0.1, 0.15) is 0 Å². The van der Waals surface area contributed by atoms with Crippen LogP contribution in [-0.4, -0.2) is 37.3 Å². The Bertz CT molecular complexity index is 48.0. The average Bonchev–Trinajstić information content (AvgIpc) is 1.61. The summed E-state index contributed by atoms with van der Waals surface area (Å²) in [4.78, 5) is 4.46. The van der Waals surface area contributed by atoms with Gasteiger partial charge in [0.1, 0.15) is 0 Å². The third-order valence-electron chi connectivity index (χ3n) is 0.962. The molecule has 0 amide bonds. The second-order valence-electron chi connectivity index (χ2n) is 2.14. The number of halogens is 2. The van der Waals surface area contributed by atoms with Crippen LogP contribution >= 0.6 is 17.8 Å². The summed E-state index contributed by atoms with van der Waals surface area (Å²) in [6.45, 7) is 0. The molecule has 0 nitrogen and oxygen atoms in total. The maximum absolute atomic E-state index is 5.91. The molecule has 0 spiro atoms. The molecule has 0 fully saturated rings. The van der Waals surface area contributed by atoms with Gasteiger partial charge in [-0.1, -0.05) is 0 Å². The molecule has 0 saturated carbocycles. The van der Waals surface area contributed by atoms with Crippen LogP contribution in [0, 0.1) is 0 Å². The van der Waals surface area contributed by atoms with E-state index in [4.69, 9.17) is 17.8 Å². The Labute approximate surface area is 72.8 Å². The Morgan fingerprint density at radius 2 is 1.25 bits per heavy atom. The molecule has 0 bridgehead atoms. The van der Waals surface area contributed by atoms with Gasteiger partial charge >= 0.3 is 73.9 Å². The van der Waals surface area contributed by atoms with E-state index >= 15 is 0 Å². The summed E-state index contributed by atoms with van der Waals surface area (Å²) < 4.78 is 2.65. The molecule has 0 rings (SSSR count). The van der Waals surface area contributed by atoms with Gasteiger partial charge in [0, 0.05) is 0 Å². The molecule has 50 valence electrons. The van der Waals surface area contributed by atoms with Crippen molar-refractivity contribution in [1.82, 2.24) is 0 Å². The minimum absolute atomic E-state index is 1.32. The number of rotatable bonds is 3. The van der Waals surface area contributed by atoms with E-state index in [-0.39, 0.29) is 0 Å². The van der Waals surface area contributed by atoms with E-state index in [1.165, 1.54) is 8.87 Å². The maximum atomic E-state index is 5.91. The Hall–Kier alpha value is 2.18. The fourth-order valence-electron chi connectivity index (χ4n) is 0.459. The predicted molar refractivity (Wildman–Crippen MR) is 47.3 cm³/mol. The quantitative estimate of drug-likeness (QED) is 0.670. The summed E-state index contributed by atoms with van der Waals surface area (Å²) in [6.07, 6.45) is 0. The van der Waals surface area contributed by atoms with E-state index < -0.39 is 37.3 Å². The summed E-state index contributed by atoms with van der Waals surface area (Å²) in [6, 6.07) is 0. The van der Waals surface area contributed by atoms with Crippen molar-refractivity contribution in [3.63, 3.8) is 0 Å².